The maximum atomic E-state index is 13.4. The average molecular weight is 286 g/mol. The molecule has 2 rings (SSSR count). The highest BCUT2D eigenvalue weighted by Crippen LogP contribution is 2.07. The van der Waals surface area contributed by atoms with Crippen LogP contribution in [0.15, 0.2) is 48.8 Å². The summed E-state index contributed by atoms with van der Waals surface area (Å²) in [7, 11) is 0. The van der Waals surface area contributed by atoms with Gasteiger partial charge in [-0.05, 0) is 42.5 Å². The van der Waals surface area contributed by atoms with Gasteiger partial charge in [0.2, 0.25) is 5.91 Å². The standard InChI is InChI=1S/C17H19FN2O/c18-16-9-2-1-8-15(16)12-17(21)20-11-4-3-6-14-7-5-10-19-13-14/h1-2,5,7-10,13H,3-4,6,11-12H2,(H,20,21). The highest BCUT2D eigenvalue weighted by molar-refractivity contribution is 5.78. The molecule has 0 radical (unpaired) electrons. The van der Waals surface area contributed by atoms with Crippen LogP contribution in [0.4, 0.5) is 4.39 Å². The molecular formula is C17H19FN2O. The second-order valence-electron chi connectivity index (χ2n) is 4.94. The first-order chi connectivity index (χ1) is 10.3. The van der Waals surface area contributed by atoms with E-state index in [1.165, 1.54) is 11.6 Å². The van der Waals surface area contributed by atoms with Gasteiger partial charge in [-0.3, -0.25) is 9.78 Å². The van der Waals surface area contributed by atoms with E-state index in [-0.39, 0.29) is 18.1 Å². The van der Waals surface area contributed by atoms with Crippen LogP contribution in [-0.2, 0) is 17.6 Å². The number of unbranched alkanes of at least 4 members (excludes halogenated alkanes) is 1. The minimum Gasteiger partial charge on any atom is -0.356 e. The Morgan fingerprint density at radius 3 is 2.76 bits per heavy atom. The summed E-state index contributed by atoms with van der Waals surface area (Å²) in [5, 5.41) is 2.82. The molecule has 110 valence electrons. The van der Waals surface area contributed by atoms with Gasteiger partial charge in [0, 0.05) is 18.9 Å². The SMILES string of the molecule is O=C(Cc1ccccc1F)NCCCCc1cccnc1. The van der Waals surface area contributed by atoms with Crippen LogP contribution in [0.25, 0.3) is 0 Å². The zero-order chi connectivity index (χ0) is 14.9. The summed E-state index contributed by atoms with van der Waals surface area (Å²) < 4.78 is 13.4. The number of hydrogen-bond donors (Lipinski definition) is 1. The van der Waals surface area contributed by atoms with E-state index in [4.69, 9.17) is 0 Å². The Labute approximate surface area is 124 Å². The van der Waals surface area contributed by atoms with Gasteiger partial charge in [-0.25, -0.2) is 4.39 Å². The molecule has 0 saturated carbocycles. The van der Waals surface area contributed by atoms with E-state index in [0.29, 0.717) is 12.1 Å². The summed E-state index contributed by atoms with van der Waals surface area (Å²) in [5.41, 5.74) is 1.64. The lowest BCUT2D eigenvalue weighted by Crippen LogP contribution is -2.26. The molecule has 0 unspecified atom stereocenters. The molecule has 1 aromatic heterocycles. The molecular weight excluding hydrogens is 267 g/mol. The lowest BCUT2D eigenvalue weighted by Gasteiger charge is -2.06. The van der Waals surface area contributed by atoms with Crippen molar-refractivity contribution < 1.29 is 9.18 Å². The number of aromatic nitrogens is 1. The molecule has 1 aromatic carbocycles. The Hall–Kier alpha value is -2.23. The van der Waals surface area contributed by atoms with Crippen molar-refractivity contribution in [3.05, 3.63) is 65.7 Å². The van der Waals surface area contributed by atoms with Gasteiger partial charge in [0.1, 0.15) is 5.82 Å². The summed E-state index contributed by atoms with van der Waals surface area (Å²) >= 11 is 0. The highest BCUT2D eigenvalue weighted by atomic mass is 19.1. The fourth-order valence-electron chi connectivity index (χ4n) is 2.11. The molecule has 0 aliphatic heterocycles. The highest BCUT2D eigenvalue weighted by Gasteiger charge is 2.06. The summed E-state index contributed by atoms with van der Waals surface area (Å²) in [6.07, 6.45) is 6.55. The number of halogens is 1. The van der Waals surface area contributed by atoms with Gasteiger partial charge in [-0.15, -0.1) is 0 Å². The molecule has 1 N–H and O–H groups in total. The number of amides is 1. The molecule has 3 nitrogen and oxygen atoms in total. The lowest BCUT2D eigenvalue weighted by molar-refractivity contribution is -0.120. The summed E-state index contributed by atoms with van der Waals surface area (Å²) in [6.45, 7) is 0.619. The molecule has 0 saturated heterocycles. The second kappa shape index (κ2) is 8.15. The first kappa shape index (κ1) is 15.2. The molecule has 2 aromatic rings. The van der Waals surface area contributed by atoms with Gasteiger partial charge in [0.25, 0.3) is 0 Å². The molecule has 21 heavy (non-hydrogen) atoms. The third-order valence-corrected chi connectivity index (χ3v) is 3.25. The Bertz CT molecular complexity index is 572. The van der Waals surface area contributed by atoms with E-state index in [9.17, 15) is 9.18 Å². The third-order valence-electron chi connectivity index (χ3n) is 3.25. The number of carbonyl (C=O) groups excluding carboxylic acids is 1. The van der Waals surface area contributed by atoms with E-state index < -0.39 is 0 Å². The first-order valence-electron chi connectivity index (χ1n) is 7.15. The van der Waals surface area contributed by atoms with Crippen LogP contribution in [0.2, 0.25) is 0 Å². The zero-order valence-electron chi connectivity index (χ0n) is 11.9. The minimum absolute atomic E-state index is 0.0925. The number of aryl methyl sites for hydroxylation is 1. The number of nitrogens with zero attached hydrogens (tertiary/aromatic N) is 1. The number of rotatable bonds is 7. The van der Waals surface area contributed by atoms with Gasteiger partial charge in [0.05, 0.1) is 6.42 Å². The Balaban J connectivity index is 1.63. The largest absolute Gasteiger partial charge is 0.356 e. The van der Waals surface area contributed by atoms with Crippen molar-refractivity contribution in [3.63, 3.8) is 0 Å². The lowest BCUT2D eigenvalue weighted by atomic mass is 10.1. The van der Waals surface area contributed by atoms with E-state index >= 15 is 0 Å². The number of carbonyl (C=O) groups is 1. The Kier molecular flexibility index (Phi) is 5.88. The van der Waals surface area contributed by atoms with Crippen LogP contribution in [-0.4, -0.2) is 17.4 Å². The Morgan fingerprint density at radius 1 is 1.14 bits per heavy atom. The number of benzene rings is 1. The molecule has 0 atom stereocenters. The van der Waals surface area contributed by atoms with Crippen LogP contribution in [0.1, 0.15) is 24.0 Å². The number of pyridine rings is 1. The van der Waals surface area contributed by atoms with E-state index in [1.807, 2.05) is 18.3 Å². The summed E-state index contributed by atoms with van der Waals surface area (Å²) in [5.74, 6) is -0.467. The van der Waals surface area contributed by atoms with E-state index in [0.717, 1.165) is 19.3 Å². The Morgan fingerprint density at radius 2 is 2.00 bits per heavy atom. The van der Waals surface area contributed by atoms with Crippen molar-refractivity contribution in [1.29, 1.82) is 0 Å². The molecule has 0 aliphatic rings. The topological polar surface area (TPSA) is 42.0 Å². The normalized spacial score (nSPS) is 10.3. The van der Waals surface area contributed by atoms with Gasteiger partial charge in [0.15, 0.2) is 0 Å². The molecule has 0 fully saturated rings. The predicted octanol–water partition coefficient (Wildman–Crippen LogP) is 2.90. The molecule has 0 aliphatic carbocycles. The fraction of sp³-hybridized carbons (Fsp3) is 0.294. The first-order valence-corrected chi connectivity index (χ1v) is 7.15. The van der Waals surface area contributed by atoms with Crippen molar-refractivity contribution in [1.82, 2.24) is 10.3 Å². The molecule has 0 spiro atoms. The van der Waals surface area contributed by atoms with E-state index in [1.54, 1.807) is 24.4 Å². The van der Waals surface area contributed by atoms with Crippen molar-refractivity contribution in [3.8, 4) is 0 Å². The van der Waals surface area contributed by atoms with Crippen molar-refractivity contribution >= 4 is 5.91 Å². The minimum atomic E-state index is -0.329. The van der Waals surface area contributed by atoms with Crippen molar-refractivity contribution in [2.75, 3.05) is 6.54 Å². The zero-order valence-corrected chi connectivity index (χ0v) is 11.9. The van der Waals surface area contributed by atoms with E-state index in [2.05, 4.69) is 10.3 Å². The maximum absolute atomic E-state index is 13.4. The molecule has 4 heteroatoms. The molecule has 0 bridgehead atoms. The van der Waals surface area contributed by atoms with Crippen molar-refractivity contribution in [2.24, 2.45) is 0 Å². The van der Waals surface area contributed by atoms with Crippen LogP contribution < -0.4 is 5.32 Å². The number of nitrogens with one attached hydrogen (secondary N) is 1. The van der Waals surface area contributed by atoms with Crippen LogP contribution in [0, 0.1) is 5.82 Å². The maximum Gasteiger partial charge on any atom is 0.224 e. The smallest absolute Gasteiger partial charge is 0.224 e. The summed E-state index contributed by atoms with van der Waals surface area (Å²) in [4.78, 5) is 15.8. The second-order valence-corrected chi connectivity index (χ2v) is 4.94. The van der Waals surface area contributed by atoms with Gasteiger partial charge >= 0.3 is 0 Å². The number of hydrogen-bond acceptors (Lipinski definition) is 2. The van der Waals surface area contributed by atoms with Crippen LogP contribution in [0.5, 0.6) is 0 Å². The fourth-order valence-corrected chi connectivity index (χ4v) is 2.11. The van der Waals surface area contributed by atoms with Gasteiger partial charge in [-0.1, -0.05) is 24.3 Å². The van der Waals surface area contributed by atoms with Crippen molar-refractivity contribution in [2.45, 2.75) is 25.7 Å². The quantitative estimate of drug-likeness (QED) is 0.795. The van der Waals surface area contributed by atoms with Gasteiger partial charge < -0.3 is 5.32 Å². The summed E-state index contributed by atoms with van der Waals surface area (Å²) in [6, 6.07) is 10.3. The van der Waals surface area contributed by atoms with Gasteiger partial charge in [-0.2, -0.15) is 0 Å². The molecule has 1 heterocycles. The average Bonchev–Trinajstić information content (AvgIpc) is 2.50. The third kappa shape index (κ3) is 5.34. The van der Waals surface area contributed by atoms with Crippen LogP contribution in [0.3, 0.4) is 0 Å². The molecule has 1 amide bonds. The van der Waals surface area contributed by atoms with Crippen LogP contribution >= 0.6 is 0 Å². The monoisotopic (exact) mass is 286 g/mol. The predicted molar refractivity (Wildman–Crippen MR) is 80.3 cm³/mol.